The van der Waals surface area contributed by atoms with E-state index >= 15 is 13.2 Å². The Bertz CT molecular complexity index is 1280. The van der Waals surface area contributed by atoms with Gasteiger partial charge in [0.25, 0.3) is 0 Å². The third kappa shape index (κ3) is 5.60. The summed E-state index contributed by atoms with van der Waals surface area (Å²) < 4.78 is 116. The number of halogens is 8. The van der Waals surface area contributed by atoms with Crippen LogP contribution < -0.4 is 4.74 Å². The molecule has 0 amide bonds. The molecule has 1 aliphatic rings. The Balaban J connectivity index is 1.63. The Labute approximate surface area is 209 Å². The zero-order valence-corrected chi connectivity index (χ0v) is 19.9. The van der Waals surface area contributed by atoms with E-state index in [1.807, 2.05) is 6.92 Å². The fraction of sp³-hybridized carbons (Fsp3) is 0.357. The standard InChI is InChI=1S/C28H24F8O/c1-2-3-4-5-16-8-12-19(25(31)23(16)29)17-9-13-20-21(14-17)26(32)27(33)22(24(20)30)15-6-10-18(11-7-15)37-28(34,35)36/h6-8,10-12,17H,2-5,9,13-14H2,1H3. The first-order chi connectivity index (χ1) is 17.5. The van der Waals surface area contributed by atoms with Gasteiger partial charge in [0.1, 0.15) is 11.6 Å². The topological polar surface area (TPSA) is 9.23 Å². The minimum Gasteiger partial charge on any atom is -0.406 e. The molecule has 4 rings (SSSR count). The number of ether oxygens (including phenoxy) is 1. The summed E-state index contributed by atoms with van der Waals surface area (Å²) >= 11 is 0. The smallest absolute Gasteiger partial charge is 0.406 e. The highest BCUT2D eigenvalue weighted by molar-refractivity contribution is 5.68. The number of aryl methyl sites for hydroxylation is 1. The second-order valence-electron chi connectivity index (χ2n) is 9.18. The van der Waals surface area contributed by atoms with Crippen molar-refractivity contribution in [3.63, 3.8) is 0 Å². The molecular formula is C28H24F8O. The van der Waals surface area contributed by atoms with Crippen molar-refractivity contribution >= 4 is 0 Å². The molecular weight excluding hydrogens is 504 g/mol. The zero-order valence-electron chi connectivity index (χ0n) is 19.9. The number of rotatable bonds is 7. The monoisotopic (exact) mass is 528 g/mol. The van der Waals surface area contributed by atoms with Gasteiger partial charge in [0.15, 0.2) is 23.3 Å². The molecule has 0 radical (unpaired) electrons. The van der Waals surface area contributed by atoms with E-state index in [0.717, 1.165) is 37.1 Å². The number of benzene rings is 3. The van der Waals surface area contributed by atoms with Gasteiger partial charge in [-0.05, 0) is 78.0 Å². The summed E-state index contributed by atoms with van der Waals surface area (Å²) in [5.74, 6) is -7.10. The van der Waals surface area contributed by atoms with E-state index in [-0.39, 0.29) is 47.1 Å². The molecule has 0 fully saturated rings. The first kappa shape index (κ1) is 26.9. The normalized spacial score (nSPS) is 15.5. The van der Waals surface area contributed by atoms with Gasteiger partial charge in [0.05, 0.1) is 5.56 Å². The van der Waals surface area contributed by atoms with Crippen molar-refractivity contribution in [2.75, 3.05) is 0 Å². The fourth-order valence-electron chi connectivity index (χ4n) is 4.92. The summed E-state index contributed by atoms with van der Waals surface area (Å²) in [5.41, 5.74) is -0.920. The van der Waals surface area contributed by atoms with E-state index in [9.17, 15) is 22.0 Å². The van der Waals surface area contributed by atoms with Crippen molar-refractivity contribution in [2.45, 2.75) is 64.1 Å². The molecule has 0 heterocycles. The summed E-state index contributed by atoms with van der Waals surface area (Å²) in [7, 11) is 0. The maximum atomic E-state index is 15.4. The largest absolute Gasteiger partial charge is 0.573 e. The number of fused-ring (bicyclic) bond motifs is 1. The van der Waals surface area contributed by atoms with Crippen molar-refractivity contribution in [1.82, 2.24) is 0 Å². The molecule has 1 atom stereocenters. The summed E-state index contributed by atoms with van der Waals surface area (Å²) in [6.07, 6.45) is -2.12. The van der Waals surface area contributed by atoms with Crippen LogP contribution >= 0.6 is 0 Å². The maximum Gasteiger partial charge on any atom is 0.573 e. The minimum atomic E-state index is -4.94. The highest BCUT2D eigenvalue weighted by Crippen LogP contribution is 2.41. The van der Waals surface area contributed by atoms with Gasteiger partial charge < -0.3 is 4.74 Å². The van der Waals surface area contributed by atoms with Crippen LogP contribution in [0.5, 0.6) is 5.75 Å². The van der Waals surface area contributed by atoms with E-state index in [0.29, 0.717) is 12.8 Å². The predicted molar refractivity (Wildman–Crippen MR) is 123 cm³/mol. The summed E-state index contributed by atoms with van der Waals surface area (Å²) in [4.78, 5) is 0. The van der Waals surface area contributed by atoms with Crippen LogP contribution in [0.15, 0.2) is 36.4 Å². The molecule has 0 N–H and O–H groups in total. The van der Waals surface area contributed by atoms with Gasteiger partial charge in [-0.15, -0.1) is 13.2 Å². The van der Waals surface area contributed by atoms with Gasteiger partial charge in [0, 0.05) is 0 Å². The predicted octanol–water partition coefficient (Wildman–Crippen LogP) is 8.95. The van der Waals surface area contributed by atoms with Crippen molar-refractivity contribution in [2.24, 2.45) is 0 Å². The summed E-state index contributed by atoms with van der Waals surface area (Å²) in [5, 5.41) is 0. The van der Waals surface area contributed by atoms with Crippen LogP contribution in [0.1, 0.15) is 60.8 Å². The molecule has 0 spiro atoms. The molecule has 3 aromatic carbocycles. The summed E-state index contributed by atoms with van der Waals surface area (Å²) in [6, 6.07) is 6.71. The van der Waals surface area contributed by atoms with E-state index in [1.54, 1.807) is 0 Å². The van der Waals surface area contributed by atoms with Gasteiger partial charge >= 0.3 is 6.36 Å². The first-order valence-electron chi connectivity index (χ1n) is 12.0. The second-order valence-corrected chi connectivity index (χ2v) is 9.18. The molecule has 1 unspecified atom stereocenters. The third-order valence-corrected chi connectivity index (χ3v) is 6.78. The van der Waals surface area contributed by atoms with Gasteiger partial charge in [-0.25, -0.2) is 22.0 Å². The van der Waals surface area contributed by atoms with Crippen LogP contribution in [0.25, 0.3) is 11.1 Å². The SMILES string of the molecule is CCCCCc1ccc(C2CCc3c(F)c(-c4ccc(OC(F)(F)F)cc4)c(F)c(F)c3C2)c(F)c1F. The average Bonchev–Trinajstić information content (AvgIpc) is 2.85. The second kappa shape index (κ2) is 10.7. The molecule has 0 aromatic heterocycles. The Morgan fingerprint density at radius 2 is 1.49 bits per heavy atom. The van der Waals surface area contributed by atoms with Crippen molar-refractivity contribution in [1.29, 1.82) is 0 Å². The molecule has 0 saturated carbocycles. The fourth-order valence-corrected chi connectivity index (χ4v) is 4.92. The molecule has 9 heteroatoms. The van der Waals surface area contributed by atoms with Crippen molar-refractivity contribution in [3.8, 4) is 16.9 Å². The molecule has 0 bridgehead atoms. The van der Waals surface area contributed by atoms with Crippen molar-refractivity contribution in [3.05, 3.63) is 87.7 Å². The first-order valence-corrected chi connectivity index (χ1v) is 12.0. The maximum absolute atomic E-state index is 15.4. The Kier molecular flexibility index (Phi) is 7.80. The highest BCUT2D eigenvalue weighted by Gasteiger charge is 2.33. The lowest BCUT2D eigenvalue weighted by molar-refractivity contribution is -0.274. The lowest BCUT2D eigenvalue weighted by Gasteiger charge is -2.27. The molecule has 0 aliphatic heterocycles. The van der Waals surface area contributed by atoms with E-state index in [2.05, 4.69) is 4.74 Å². The van der Waals surface area contributed by atoms with Crippen LogP contribution in [0, 0.1) is 29.1 Å². The average molecular weight is 528 g/mol. The van der Waals surface area contributed by atoms with Crippen molar-refractivity contribution < 1.29 is 39.9 Å². The lowest BCUT2D eigenvalue weighted by Crippen LogP contribution is -2.19. The Morgan fingerprint density at radius 1 is 0.784 bits per heavy atom. The quantitative estimate of drug-likeness (QED) is 0.169. The van der Waals surface area contributed by atoms with Crippen LogP contribution in [0.3, 0.4) is 0 Å². The number of unbranched alkanes of at least 4 members (excludes halogenated alkanes) is 2. The highest BCUT2D eigenvalue weighted by atomic mass is 19.4. The molecule has 198 valence electrons. The van der Waals surface area contributed by atoms with E-state index < -0.39 is 52.7 Å². The third-order valence-electron chi connectivity index (χ3n) is 6.78. The van der Waals surface area contributed by atoms with Crippen LogP contribution in [-0.2, 0) is 19.3 Å². The molecule has 3 aromatic rings. The lowest BCUT2D eigenvalue weighted by atomic mass is 9.78. The van der Waals surface area contributed by atoms with Crippen LogP contribution in [-0.4, -0.2) is 6.36 Å². The minimum absolute atomic E-state index is 0.0342. The zero-order chi connectivity index (χ0) is 26.9. The molecule has 1 aliphatic carbocycles. The van der Waals surface area contributed by atoms with Gasteiger partial charge in [-0.3, -0.25) is 0 Å². The molecule has 0 saturated heterocycles. The van der Waals surface area contributed by atoms with Gasteiger partial charge in [-0.1, -0.05) is 44.0 Å². The Hall–Kier alpha value is -3.10. The molecule has 37 heavy (non-hydrogen) atoms. The van der Waals surface area contributed by atoms with Crippen LogP contribution in [0.4, 0.5) is 35.1 Å². The number of alkyl halides is 3. The van der Waals surface area contributed by atoms with E-state index in [4.69, 9.17) is 0 Å². The van der Waals surface area contributed by atoms with E-state index in [1.165, 1.54) is 12.1 Å². The van der Waals surface area contributed by atoms with Crippen LogP contribution in [0.2, 0.25) is 0 Å². The number of hydrogen-bond acceptors (Lipinski definition) is 1. The van der Waals surface area contributed by atoms with Gasteiger partial charge in [-0.2, -0.15) is 0 Å². The van der Waals surface area contributed by atoms with Gasteiger partial charge in [0.2, 0.25) is 0 Å². The number of hydrogen-bond donors (Lipinski definition) is 0. The molecule has 1 nitrogen and oxygen atoms in total. The summed E-state index contributed by atoms with van der Waals surface area (Å²) in [6.45, 7) is 2.00. The Morgan fingerprint density at radius 3 is 2.14 bits per heavy atom.